The van der Waals surface area contributed by atoms with Crippen LogP contribution in [0.5, 0.6) is 0 Å². The molecule has 0 unspecified atom stereocenters. The van der Waals surface area contributed by atoms with Gasteiger partial charge in [-0.1, -0.05) is 12.6 Å². The predicted octanol–water partition coefficient (Wildman–Crippen LogP) is 0.157. The van der Waals surface area contributed by atoms with Gasteiger partial charge in [-0.05, 0) is 12.8 Å². The van der Waals surface area contributed by atoms with Gasteiger partial charge in [-0.3, -0.25) is 4.79 Å². The summed E-state index contributed by atoms with van der Waals surface area (Å²) < 4.78 is 0. The molecule has 0 atom stereocenters. The highest BCUT2D eigenvalue weighted by Crippen LogP contribution is 2.27. The minimum absolute atomic E-state index is 0.0992. The zero-order valence-corrected chi connectivity index (χ0v) is 8.72. The highest BCUT2D eigenvalue weighted by molar-refractivity contribution is 6.67. The predicted molar refractivity (Wildman–Crippen MR) is 56.3 cm³/mol. The molecule has 2 saturated heterocycles. The Bertz CT molecular complexity index is 288. The zero-order chi connectivity index (χ0) is 10.8. The molecule has 0 saturated carbocycles. The largest absolute Gasteiger partial charge is 0.389 e. The quantitative estimate of drug-likeness (QED) is 0.621. The van der Waals surface area contributed by atoms with E-state index in [0.29, 0.717) is 13.1 Å². The average Bonchev–Trinajstić information content (AvgIpc) is 2.24. The van der Waals surface area contributed by atoms with Gasteiger partial charge in [0.25, 0.3) is 6.71 Å². The number of nitriles is 1. The standard InChI is InChI=1S/C10H15BN2O2/c12-7-11-3-1-8(2-4-11)10(15)13-5-9(14)6-13/h8-9,14H,1-6H2. The molecule has 2 heterocycles. The van der Waals surface area contributed by atoms with Crippen molar-refractivity contribution in [1.29, 1.82) is 5.26 Å². The van der Waals surface area contributed by atoms with Gasteiger partial charge in [0.05, 0.1) is 6.10 Å². The van der Waals surface area contributed by atoms with Crippen molar-refractivity contribution in [3.63, 3.8) is 0 Å². The van der Waals surface area contributed by atoms with Crippen molar-refractivity contribution in [1.82, 2.24) is 4.90 Å². The normalized spacial score (nSPS) is 23.5. The number of hydrogen-bond donors (Lipinski definition) is 1. The molecular weight excluding hydrogens is 191 g/mol. The molecule has 2 aliphatic heterocycles. The van der Waals surface area contributed by atoms with E-state index in [9.17, 15) is 4.79 Å². The van der Waals surface area contributed by atoms with E-state index in [1.54, 1.807) is 4.90 Å². The van der Waals surface area contributed by atoms with Crippen LogP contribution in [-0.4, -0.2) is 41.8 Å². The van der Waals surface area contributed by atoms with E-state index in [4.69, 9.17) is 10.4 Å². The molecule has 2 fully saturated rings. The van der Waals surface area contributed by atoms with E-state index in [0.717, 1.165) is 25.5 Å². The van der Waals surface area contributed by atoms with Crippen LogP contribution in [0.4, 0.5) is 0 Å². The van der Waals surface area contributed by atoms with Crippen LogP contribution in [0.3, 0.4) is 0 Å². The second-order valence-electron chi connectivity index (χ2n) is 4.57. The SMILES string of the molecule is N#CB1CCC(C(=O)N2CC(O)C2)CC1. The molecule has 2 rings (SSSR count). The fraction of sp³-hybridized carbons (Fsp3) is 0.800. The van der Waals surface area contributed by atoms with Crippen LogP contribution in [-0.2, 0) is 4.79 Å². The van der Waals surface area contributed by atoms with E-state index in [2.05, 4.69) is 5.97 Å². The number of carbonyl (C=O) groups is 1. The summed E-state index contributed by atoms with van der Waals surface area (Å²) in [4.78, 5) is 13.6. The first kappa shape index (κ1) is 10.5. The van der Waals surface area contributed by atoms with Crippen LogP contribution in [0.15, 0.2) is 0 Å². The lowest BCUT2D eigenvalue weighted by atomic mass is 9.42. The summed E-state index contributed by atoms with van der Waals surface area (Å²) in [6, 6.07) is 0. The first-order valence-electron chi connectivity index (χ1n) is 5.57. The van der Waals surface area contributed by atoms with Gasteiger partial charge in [0.1, 0.15) is 0 Å². The highest BCUT2D eigenvalue weighted by Gasteiger charge is 2.35. The maximum atomic E-state index is 11.9. The van der Waals surface area contributed by atoms with Crippen LogP contribution in [0, 0.1) is 17.1 Å². The number of β-amino-alcohol motifs (C(OH)–C–C–N with tert-alkyl or cyclic N) is 1. The molecule has 80 valence electrons. The monoisotopic (exact) mass is 206 g/mol. The smallest absolute Gasteiger partial charge is 0.267 e. The third-order valence-electron chi connectivity index (χ3n) is 3.43. The fourth-order valence-electron chi connectivity index (χ4n) is 2.36. The van der Waals surface area contributed by atoms with Crippen molar-refractivity contribution in [3.05, 3.63) is 0 Å². The summed E-state index contributed by atoms with van der Waals surface area (Å²) in [6.45, 7) is 1.14. The van der Waals surface area contributed by atoms with E-state index in [1.165, 1.54) is 0 Å². The number of likely N-dealkylation sites (tertiary alicyclic amines) is 1. The Kier molecular flexibility index (Phi) is 2.97. The van der Waals surface area contributed by atoms with Gasteiger partial charge in [-0.25, -0.2) is 5.26 Å². The Hall–Kier alpha value is -1.02. The van der Waals surface area contributed by atoms with E-state index >= 15 is 0 Å². The lowest BCUT2D eigenvalue weighted by Gasteiger charge is -2.39. The van der Waals surface area contributed by atoms with Crippen molar-refractivity contribution in [2.75, 3.05) is 13.1 Å². The topological polar surface area (TPSA) is 64.3 Å². The number of rotatable bonds is 1. The summed E-state index contributed by atoms with van der Waals surface area (Å²) >= 11 is 0. The molecule has 5 heteroatoms. The molecule has 2 aliphatic rings. The Morgan fingerprint density at radius 3 is 2.47 bits per heavy atom. The van der Waals surface area contributed by atoms with Crippen LogP contribution in [0.2, 0.25) is 12.6 Å². The van der Waals surface area contributed by atoms with Crippen molar-refractivity contribution < 1.29 is 9.90 Å². The number of amides is 1. The van der Waals surface area contributed by atoms with Crippen LogP contribution < -0.4 is 0 Å². The molecule has 0 aliphatic carbocycles. The number of hydrogen-bond acceptors (Lipinski definition) is 3. The van der Waals surface area contributed by atoms with Crippen LogP contribution >= 0.6 is 0 Å². The maximum Gasteiger partial charge on any atom is 0.267 e. The number of nitrogens with zero attached hydrogens (tertiary/aromatic N) is 2. The second kappa shape index (κ2) is 4.24. The molecular formula is C10H15BN2O2. The highest BCUT2D eigenvalue weighted by atomic mass is 16.3. The van der Waals surface area contributed by atoms with Gasteiger partial charge in [0, 0.05) is 25.0 Å². The molecule has 0 aromatic heterocycles. The molecule has 1 N–H and O–H groups in total. The van der Waals surface area contributed by atoms with E-state index < -0.39 is 0 Å². The van der Waals surface area contributed by atoms with Crippen molar-refractivity contribution in [2.45, 2.75) is 31.6 Å². The Balaban J connectivity index is 1.81. The Morgan fingerprint density at radius 2 is 2.00 bits per heavy atom. The van der Waals surface area contributed by atoms with Crippen LogP contribution in [0.1, 0.15) is 12.8 Å². The minimum Gasteiger partial charge on any atom is -0.389 e. The third-order valence-corrected chi connectivity index (χ3v) is 3.43. The van der Waals surface area contributed by atoms with Crippen molar-refractivity contribution in [3.8, 4) is 5.97 Å². The number of carbonyl (C=O) groups excluding carboxylic acids is 1. The molecule has 0 spiro atoms. The summed E-state index contributed by atoms with van der Waals surface area (Å²) in [6.07, 6.45) is 3.06. The van der Waals surface area contributed by atoms with E-state index in [-0.39, 0.29) is 24.6 Å². The lowest BCUT2D eigenvalue weighted by Crippen LogP contribution is -2.55. The number of aliphatic hydroxyl groups excluding tert-OH is 1. The molecule has 15 heavy (non-hydrogen) atoms. The van der Waals surface area contributed by atoms with Gasteiger partial charge >= 0.3 is 0 Å². The third kappa shape index (κ3) is 2.15. The Labute approximate surface area is 89.9 Å². The molecule has 0 aromatic rings. The molecule has 0 radical (unpaired) electrons. The minimum atomic E-state index is -0.315. The Morgan fingerprint density at radius 1 is 1.40 bits per heavy atom. The zero-order valence-electron chi connectivity index (χ0n) is 8.72. The lowest BCUT2D eigenvalue weighted by molar-refractivity contribution is -0.146. The average molecular weight is 206 g/mol. The van der Waals surface area contributed by atoms with Crippen molar-refractivity contribution in [2.24, 2.45) is 5.92 Å². The molecule has 0 bridgehead atoms. The first-order chi connectivity index (χ1) is 7.20. The van der Waals surface area contributed by atoms with Crippen molar-refractivity contribution >= 4 is 12.6 Å². The number of aliphatic hydroxyl groups is 1. The van der Waals surface area contributed by atoms with Gasteiger partial charge < -0.3 is 10.0 Å². The summed E-state index contributed by atoms with van der Waals surface area (Å²) in [5.74, 6) is 2.54. The van der Waals surface area contributed by atoms with Crippen LogP contribution in [0.25, 0.3) is 0 Å². The molecule has 1 amide bonds. The molecule has 0 aromatic carbocycles. The van der Waals surface area contributed by atoms with Gasteiger partial charge in [0.15, 0.2) is 0 Å². The fourth-order valence-corrected chi connectivity index (χ4v) is 2.36. The van der Waals surface area contributed by atoms with Gasteiger partial charge in [0.2, 0.25) is 5.91 Å². The summed E-state index contributed by atoms with van der Waals surface area (Å²) in [5.41, 5.74) is 0. The summed E-state index contributed by atoms with van der Waals surface area (Å²) in [7, 11) is 0. The van der Waals surface area contributed by atoms with Gasteiger partial charge in [-0.15, -0.1) is 0 Å². The maximum absolute atomic E-state index is 11.9. The summed E-state index contributed by atoms with van der Waals surface area (Å²) in [5, 5.41) is 17.8. The van der Waals surface area contributed by atoms with Gasteiger partial charge in [-0.2, -0.15) is 0 Å². The second-order valence-corrected chi connectivity index (χ2v) is 4.57. The molecule has 4 nitrogen and oxygen atoms in total. The first-order valence-corrected chi connectivity index (χ1v) is 5.57. The van der Waals surface area contributed by atoms with E-state index in [1.807, 2.05) is 0 Å².